The van der Waals surface area contributed by atoms with E-state index < -0.39 is 0 Å². The Hall–Kier alpha value is -1.02. The molecule has 1 heterocycles. The van der Waals surface area contributed by atoms with Gasteiger partial charge < -0.3 is 10.0 Å². The van der Waals surface area contributed by atoms with Crippen molar-refractivity contribution in [2.45, 2.75) is 40.2 Å². The standard InChI is InChI=1S/C16H25NO/c1-12(18)13-5-7-15(8-6-13)17-10-9-14(11-17)16(2,3)4/h5-8,12,14,18H,9-11H2,1-4H3/t12-,14?/m1/s1. The molecule has 1 aliphatic heterocycles. The SMILES string of the molecule is C[C@@H](O)c1ccc(N2CCC(C(C)(C)C)C2)cc1. The molecule has 0 spiro atoms. The van der Waals surface area contributed by atoms with E-state index in [0.717, 1.165) is 24.6 Å². The van der Waals surface area contributed by atoms with Crippen molar-refractivity contribution in [2.24, 2.45) is 11.3 Å². The van der Waals surface area contributed by atoms with Gasteiger partial charge in [-0.05, 0) is 42.4 Å². The molecule has 1 saturated heterocycles. The Labute approximate surface area is 111 Å². The molecule has 1 aromatic rings. The molecule has 1 fully saturated rings. The lowest BCUT2D eigenvalue weighted by Gasteiger charge is -2.27. The van der Waals surface area contributed by atoms with Gasteiger partial charge in [-0.2, -0.15) is 0 Å². The van der Waals surface area contributed by atoms with Crippen molar-refractivity contribution in [1.29, 1.82) is 0 Å². The molecule has 1 N–H and O–H groups in total. The zero-order chi connectivity index (χ0) is 13.3. The third-order valence-corrected chi connectivity index (χ3v) is 4.15. The lowest BCUT2D eigenvalue weighted by molar-refractivity contribution is 0.199. The van der Waals surface area contributed by atoms with Crippen LogP contribution in [0.2, 0.25) is 0 Å². The Morgan fingerprint density at radius 1 is 1.22 bits per heavy atom. The van der Waals surface area contributed by atoms with Crippen LogP contribution in [0.4, 0.5) is 5.69 Å². The first-order chi connectivity index (χ1) is 8.38. The predicted octanol–water partition coefficient (Wildman–Crippen LogP) is 3.61. The molecule has 0 saturated carbocycles. The molecular weight excluding hydrogens is 222 g/mol. The van der Waals surface area contributed by atoms with Crippen molar-refractivity contribution in [3.05, 3.63) is 29.8 Å². The molecule has 0 amide bonds. The number of benzene rings is 1. The van der Waals surface area contributed by atoms with Gasteiger partial charge in [0.15, 0.2) is 0 Å². The molecular formula is C16H25NO. The van der Waals surface area contributed by atoms with Crippen LogP contribution in [0.1, 0.15) is 45.8 Å². The van der Waals surface area contributed by atoms with Crippen LogP contribution in [-0.2, 0) is 0 Å². The van der Waals surface area contributed by atoms with Gasteiger partial charge in [0.05, 0.1) is 6.10 Å². The summed E-state index contributed by atoms with van der Waals surface area (Å²) in [6.45, 7) is 11.1. The average molecular weight is 247 g/mol. The van der Waals surface area contributed by atoms with E-state index in [1.807, 2.05) is 12.1 Å². The van der Waals surface area contributed by atoms with E-state index in [1.165, 1.54) is 12.1 Å². The highest BCUT2D eigenvalue weighted by Crippen LogP contribution is 2.35. The van der Waals surface area contributed by atoms with Crippen LogP contribution < -0.4 is 4.90 Å². The first-order valence-electron chi connectivity index (χ1n) is 6.91. The summed E-state index contributed by atoms with van der Waals surface area (Å²) in [7, 11) is 0. The Kier molecular flexibility index (Phi) is 3.67. The summed E-state index contributed by atoms with van der Waals surface area (Å²) in [5.74, 6) is 0.772. The van der Waals surface area contributed by atoms with E-state index in [-0.39, 0.29) is 6.10 Å². The van der Waals surface area contributed by atoms with E-state index in [0.29, 0.717) is 5.41 Å². The molecule has 2 nitrogen and oxygen atoms in total. The largest absolute Gasteiger partial charge is 0.389 e. The minimum Gasteiger partial charge on any atom is -0.389 e. The van der Waals surface area contributed by atoms with Crippen molar-refractivity contribution in [3.63, 3.8) is 0 Å². The normalized spacial score (nSPS) is 22.3. The molecule has 0 bridgehead atoms. The number of rotatable bonds is 2. The van der Waals surface area contributed by atoms with Crippen LogP contribution in [0, 0.1) is 11.3 Å². The van der Waals surface area contributed by atoms with Crippen LogP contribution >= 0.6 is 0 Å². The monoisotopic (exact) mass is 247 g/mol. The van der Waals surface area contributed by atoms with Crippen LogP contribution in [0.15, 0.2) is 24.3 Å². The highest BCUT2D eigenvalue weighted by atomic mass is 16.3. The third-order valence-electron chi connectivity index (χ3n) is 4.15. The number of nitrogens with zero attached hydrogens (tertiary/aromatic N) is 1. The van der Waals surface area contributed by atoms with E-state index in [4.69, 9.17) is 0 Å². The Morgan fingerprint density at radius 3 is 2.28 bits per heavy atom. The molecule has 100 valence electrons. The predicted molar refractivity (Wildman–Crippen MR) is 76.9 cm³/mol. The number of hydrogen-bond donors (Lipinski definition) is 1. The van der Waals surface area contributed by atoms with E-state index in [2.05, 4.69) is 37.8 Å². The molecule has 0 aromatic heterocycles. The van der Waals surface area contributed by atoms with Crippen molar-refractivity contribution < 1.29 is 5.11 Å². The van der Waals surface area contributed by atoms with Crippen LogP contribution in [0.3, 0.4) is 0 Å². The summed E-state index contributed by atoms with van der Waals surface area (Å²) in [6.07, 6.45) is 0.904. The Balaban J connectivity index is 2.05. The van der Waals surface area contributed by atoms with Gasteiger partial charge in [-0.15, -0.1) is 0 Å². The molecule has 2 heteroatoms. The highest BCUT2D eigenvalue weighted by Gasteiger charge is 2.31. The van der Waals surface area contributed by atoms with Gasteiger partial charge in [0.1, 0.15) is 0 Å². The van der Waals surface area contributed by atoms with Gasteiger partial charge in [0.25, 0.3) is 0 Å². The highest BCUT2D eigenvalue weighted by molar-refractivity contribution is 5.48. The maximum atomic E-state index is 9.52. The van der Waals surface area contributed by atoms with Gasteiger partial charge in [0.2, 0.25) is 0 Å². The minimum absolute atomic E-state index is 0.375. The second-order valence-corrected chi connectivity index (χ2v) is 6.57. The Morgan fingerprint density at radius 2 is 1.83 bits per heavy atom. The van der Waals surface area contributed by atoms with E-state index >= 15 is 0 Å². The molecule has 1 aromatic carbocycles. The summed E-state index contributed by atoms with van der Waals surface area (Å²) in [5, 5.41) is 9.52. The summed E-state index contributed by atoms with van der Waals surface area (Å²) < 4.78 is 0. The smallest absolute Gasteiger partial charge is 0.0761 e. The van der Waals surface area contributed by atoms with Gasteiger partial charge in [-0.25, -0.2) is 0 Å². The van der Waals surface area contributed by atoms with E-state index in [1.54, 1.807) is 6.92 Å². The maximum Gasteiger partial charge on any atom is 0.0761 e. The number of anilines is 1. The lowest BCUT2D eigenvalue weighted by atomic mass is 9.80. The summed E-state index contributed by atoms with van der Waals surface area (Å²) in [6, 6.07) is 8.33. The fourth-order valence-electron chi connectivity index (χ4n) is 2.67. The number of hydrogen-bond acceptors (Lipinski definition) is 2. The maximum absolute atomic E-state index is 9.52. The van der Waals surface area contributed by atoms with Crippen LogP contribution in [0.5, 0.6) is 0 Å². The van der Waals surface area contributed by atoms with Crippen LogP contribution in [0.25, 0.3) is 0 Å². The van der Waals surface area contributed by atoms with Gasteiger partial charge in [-0.1, -0.05) is 32.9 Å². The molecule has 1 unspecified atom stereocenters. The van der Waals surface area contributed by atoms with Crippen molar-refractivity contribution in [2.75, 3.05) is 18.0 Å². The molecule has 2 rings (SSSR count). The fraction of sp³-hybridized carbons (Fsp3) is 0.625. The summed E-state index contributed by atoms with van der Waals surface area (Å²) in [4.78, 5) is 2.46. The van der Waals surface area contributed by atoms with Crippen molar-refractivity contribution in [1.82, 2.24) is 0 Å². The van der Waals surface area contributed by atoms with Gasteiger partial charge in [0, 0.05) is 18.8 Å². The van der Waals surface area contributed by atoms with Crippen molar-refractivity contribution in [3.8, 4) is 0 Å². The zero-order valence-electron chi connectivity index (χ0n) is 12.0. The molecule has 0 aliphatic carbocycles. The Bertz CT molecular complexity index is 389. The number of aliphatic hydroxyl groups excluding tert-OH is 1. The zero-order valence-corrected chi connectivity index (χ0v) is 12.0. The second kappa shape index (κ2) is 4.93. The first kappa shape index (κ1) is 13.4. The average Bonchev–Trinajstić information content (AvgIpc) is 2.78. The molecule has 18 heavy (non-hydrogen) atoms. The lowest BCUT2D eigenvalue weighted by Crippen LogP contribution is -2.25. The van der Waals surface area contributed by atoms with Crippen molar-refractivity contribution >= 4 is 5.69 Å². The van der Waals surface area contributed by atoms with E-state index in [9.17, 15) is 5.11 Å². The second-order valence-electron chi connectivity index (χ2n) is 6.57. The number of aliphatic hydroxyl groups is 1. The summed E-state index contributed by atoms with van der Waals surface area (Å²) >= 11 is 0. The topological polar surface area (TPSA) is 23.5 Å². The molecule has 2 atom stereocenters. The molecule has 1 aliphatic rings. The van der Waals surface area contributed by atoms with Gasteiger partial charge in [-0.3, -0.25) is 0 Å². The third kappa shape index (κ3) is 2.86. The van der Waals surface area contributed by atoms with Gasteiger partial charge >= 0.3 is 0 Å². The molecule has 0 radical (unpaired) electrons. The minimum atomic E-state index is -0.375. The summed E-state index contributed by atoms with van der Waals surface area (Å²) in [5.41, 5.74) is 2.67. The first-order valence-corrected chi connectivity index (χ1v) is 6.91. The van der Waals surface area contributed by atoms with Crippen LogP contribution in [-0.4, -0.2) is 18.2 Å². The quantitative estimate of drug-likeness (QED) is 0.863. The fourth-order valence-corrected chi connectivity index (χ4v) is 2.67.